The zero-order valence-electron chi connectivity index (χ0n) is 11.9. The van der Waals surface area contributed by atoms with Crippen LogP contribution in [-0.4, -0.2) is 25.7 Å². The van der Waals surface area contributed by atoms with Crippen molar-refractivity contribution in [1.29, 1.82) is 0 Å². The van der Waals surface area contributed by atoms with Crippen LogP contribution in [0.25, 0.3) is 11.1 Å². The maximum Gasteiger partial charge on any atom is 0.251 e. The van der Waals surface area contributed by atoms with Crippen LogP contribution in [0.4, 0.5) is 0 Å². The van der Waals surface area contributed by atoms with E-state index in [1.165, 1.54) is 0 Å². The lowest BCUT2D eigenvalue weighted by atomic mass is 10.0. The number of nitrogens with one attached hydrogen (secondary N) is 1. The van der Waals surface area contributed by atoms with Gasteiger partial charge >= 0.3 is 0 Å². The van der Waals surface area contributed by atoms with Crippen LogP contribution in [0.15, 0.2) is 41.1 Å². The number of amides is 1. The van der Waals surface area contributed by atoms with Crippen LogP contribution in [0.3, 0.4) is 0 Å². The number of carbonyl (C=O) groups excluding carboxylic acids is 1. The summed E-state index contributed by atoms with van der Waals surface area (Å²) < 4.78 is 5.44. The van der Waals surface area contributed by atoms with E-state index >= 15 is 0 Å². The number of carbonyl (C=O) groups is 1. The van der Waals surface area contributed by atoms with Crippen molar-refractivity contribution in [2.75, 3.05) is 19.8 Å². The molecule has 0 aliphatic carbocycles. The molecule has 1 aliphatic rings. The largest absolute Gasteiger partial charge is 0.381 e. The Morgan fingerprint density at radius 2 is 2.29 bits per heavy atom. The van der Waals surface area contributed by atoms with Gasteiger partial charge in [0, 0.05) is 18.7 Å². The summed E-state index contributed by atoms with van der Waals surface area (Å²) in [5, 5.41) is 7.17. The molecule has 2 aromatic rings. The van der Waals surface area contributed by atoms with Crippen LogP contribution >= 0.6 is 11.3 Å². The van der Waals surface area contributed by atoms with Gasteiger partial charge in [-0.1, -0.05) is 12.1 Å². The highest BCUT2D eigenvalue weighted by Crippen LogP contribution is 2.23. The van der Waals surface area contributed by atoms with Crippen molar-refractivity contribution >= 4 is 17.2 Å². The molecule has 1 atom stereocenters. The van der Waals surface area contributed by atoms with Crippen molar-refractivity contribution in [3.8, 4) is 11.1 Å². The van der Waals surface area contributed by atoms with Gasteiger partial charge in [-0.2, -0.15) is 11.3 Å². The number of ether oxygens (including phenoxy) is 1. The Kier molecular flexibility index (Phi) is 4.68. The van der Waals surface area contributed by atoms with Crippen molar-refractivity contribution in [2.24, 2.45) is 5.92 Å². The molecular formula is C17H19NO2S. The highest BCUT2D eigenvalue weighted by molar-refractivity contribution is 7.08. The molecule has 1 aliphatic heterocycles. The summed E-state index contributed by atoms with van der Waals surface area (Å²) in [5.74, 6) is 0.445. The Balaban J connectivity index is 1.63. The summed E-state index contributed by atoms with van der Waals surface area (Å²) in [6.45, 7) is 2.31. The summed E-state index contributed by atoms with van der Waals surface area (Å²) in [7, 11) is 0. The third kappa shape index (κ3) is 3.71. The molecule has 1 unspecified atom stereocenters. The molecule has 1 amide bonds. The van der Waals surface area contributed by atoms with Gasteiger partial charge in [0.05, 0.1) is 6.61 Å². The minimum absolute atomic E-state index is 0.00217. The smallest absolute Gasteiger partial charge is 0.251 e. The zero-order chi connectivity index (χ0) is 14.5. The van der Waals surface area contributed by atoms with Crippen molar-refractivity contribution in [3.63, 3.8) is 0 Å². The fraction of sp³-hybridized carbons (Fsp3) is 0.353. The van der Waals surface area contributed by atoms with Crippen LogP contribution < -0.4 is 5.32 Å². The molecule has 2 heterocycles. The van der Waals surface area contributed by atoms with Crippen LogP contribution in [0.2, 0.25) is 0 Å². The van der Waals surface area contributed by atoms with E-state index in [1.807, 2.05) is 29.6 Å². The van der Waals surface area contributed by atoms with Gasteiger partial charge < -0.3 is 10.1 Å². The fourth-order valence-corrected chi connectivity index (χ4v) is 3.24. The van der Waals surface area contributed by atoms with Crippen molar-refractivity contribution in [1.82, 2.24) is 5.32 Å². The van der Waals surface area contributed by atoms with Crippen molar-refractivity contribution in [2.45, 2.75) is 12.8 Å². The molecule has 4 heteroatoms. The van der Waals surface area contributed by atoms with E-state index in [0.29, 0.717) is 12.5 Å². The Morgan fingerprint density at radius 3 is 3.05 bits per heavy atom. The van der Waals surface area contributed by atoms with E-state index in [2.05, 4.69) is 16.8 Å². The molecule has 3 rings (SSSR count). The van der Waals surface area contributed by atoms with Gasteiger partial charge in [0.15, 0.2) is 0 Å². The first-order chi connectivity index (χ1) is 10.3. The average Bonchev–Trinajstić information content (AvgIpc) is 3.08. The molecular weight excluding hydrogens is 282 g/mol. The average molecular weight is 301 g/mol. The molecule has 21 heavy (non-hydrogen) atoms. The minimum Gasteiger partial charge on any atom is -0.381 e. The van der Waals surface area contributed by atoms with Gasteiger partial charge in [-0.3, -0.25) is 4.79 Å². The van der Waals surface area contributed by atoms with Crippen LogP contribution in [-0.2, 0) is 4.74 Å². The molecule has 110 valence electrons. The monoisotopic (exact) mass is 301 g/mol. The third-order valence-corrected chi connectivity index (χ3v) is 4.47. The Bertz CT molecular complexity index is 589. The van der Waals surface area contributed by atoms with Gasteiger partial charge in [-0.25, -0.2) is 0 Å². The van der Waals surface area contributed by atoms with E-state index < -0.39 is 0 Å². The summed E-state index contributed by atoms with van der Waals surface area (Å²) in [6.07, 6.45) is 2.23. The van der Waals surface area contributed by atoms with Crippen molar-refractivity contribution < 1.29 is 9.53 Å². The summed E-state index contributed by atoms with van der Waals surface area (Å²) >= 11 is 1.66. The topological polar surface area (TPSA) is 38.3 Å². The van der Waals surface area contributed by atoms with Crippen LogP contribution in [0.5, 0.6) is 0 Å². The first-order valence-corrected chi connectivity index (χ1v) is 8.26. The van der Waals surface area contributed by atoms with Gasteiger partial charge in [0.1, 0.15) is 0 Å². The molecule has 1 aromatic carbocycles. The second-order valence-electron chi connectivity index (χ2n) is 5.39. The van der Waals surface area contributed by atoms with Gasteiger partial charge in [0.2, 0.25) is 0 Å². The Hall–Kier alpha value is -1.65. The zero-order valence-corrected chi connectivity index (χ0v) is 12.7. The Labute approximate surface area is 129 Å². The SMILES string of the molecule is O=C(NCC1CCCOC1)c1cccc(-c2ccsc2)c1. The van der Waals surface area contributed by atoms with Gasteiger partial charge in [0.25, 0.3) is 5.91 Å². The lowest BCUT2D eigenvalue weighted by molar-refractivity contribution is 0.0536. The number of benzene rings is 1. The first-order valence-electron chi connectivity index (χ1n) is 7.31. The molecule has 0 bridgehead atoms. The molecule has 1 aromatic heterocycles. The predicted octanol–water partition coefficient (Wildman–Crippen LogP) is 3.57. The second kappa shape index (κ2) is 6.87. The number of hydrogen-bond donors (Lipinski definition) is 1. The summed E-state index contributed by atoms with van der Waals surface area (Å²) in [6, 6.07) is 9.86. The molecule has 0 radical (unpaired) electrons. The quantitative estimate of drug-likeness (QED) is 0.937. The number of hydrogen-bond acceptors (Lipinski definition) is 3. The highest BCUT2D eigenvalue weighted by Gasteiger charge is 2.15. The van der Waals surface area contributed by atoms with E-state index in [9.17, 15) is 4.79 Å². The summed E-state index contributed by atoms with van der Waals surface area (Å²) in [5.41, 5.74) is 2.97. The normalized spacial score (nSPS) is 18.4. The lowest BCUT2D eigenvalue weighted by Crippen LogP contribution is -2.33. The molecule has 1 saturated heterocycles. The number of rotatable bonds is 4. The van der Waals surface area contributed by atoms with E-state index in [0.717, 1.165) is 42.7 Å². The van der Waals surface area contributed by atoms with Crippen molar-refractivity contribution in [3.05, 3.63) is 46.7 Å². The maximum absolute atomic E-state index is 12.3. The fourth-order valence-electron chi connectivity index (χ4n) is 2.58. The van der Waals surface area contributed by atoms with Crippen LogP contribution in [0, 0.1) is 5.92 Å². The number of thiophene rings is 1. The molecule has 1 N–H and O–H groups in total. The Morgan fingerprint density at radius 1 is 1.33 bits per heavy atom. The molecule has 0 spiro atoms. The third-order valence-electron chi connectivity index (χ3n) is 3.79. The van der Waals surface area contributed by atoms with Gasteiger partial charge in [-0.15, -0.1) is 0 Å². The maximum atomic E-state index is 12.3. The molecule has 1 fully saturated rings. The van der Waals surface area contributed by atoms with Crippen LogP contribution in [0.1, 0.15) is 23.2 Å². The second-order valence-corrected chi connectivity index (χ2v) is 6.17. The molecule has 0 saturated carbocycles. The van der Waals surface area contributed by atoms with E-state index in [1.54, 1.807) is 11.3 Å². The predicted molar refractivity (Wildman–Crippen MR) is 85.6 cm³/mol. The minimum atomic E-state index is -0.00217. The highest BCUT2D eigenvalue weighted by atomic mass is 32.1. The lowest BCUT2D eigenvalue weighted by Gasteiger charge is -2.22. The van der Waals surface area contributed by atoms with E-state index in [4.69, 9.17) is 4.74 Å². The first kappa shape index (κ1) is 14.3. The summed E-state index contributed by atoms with van der Waals surface area (Å²) in [4.78, 5) is 12.3. The molecule has 3 nitrogen and oxygen atoms in total. The van der Waals surface area contributed by atoms with E-state index in [-0.39, 0.29) is 5.91 Å². The van der Waals surface area contributed by atoms with Gasteiger partial charge in [-0.05, 0) is 58.8 Å². The standard InChI is InChI=1S/C17H19NO2S/c19-17(18-10-13-3-2-7-20-11-13)15-5-1-4-14(9-15)16-6-8-21-12-16/h1,4-6,8-9,12-13H,2-3,7,10-11H2,(H,18,19).